The van der Waals surface area contributed by atoms with Gasteiger partial charge in [-0.15, -0.1) is 11.3 Å². The molecule has 2 N–H and O–H groups in total. The summed E-state index contributed by atoms with van der Waals surface area (Å²) in [6, 6.07) is 4.00. The van der Waals surface area contributed by atoms with Gasteiger partial charge in [0.2, 0.25) is 5.91 Å². The van der Waals surface area contributed by atoms with Crippen LogP contribution >= 0.6 is 11.3 Å². The average Bonchev–Trinajstić information content (AvgIpc) is 2.75. The first kappa shape index (κ1) is 12.6. The number of hydrogen-bond acceptors (Lipinski definition) is 3. The molecule has 0 atom stereocenters. The van der Waals surface area contributed by atoms with Crippen LogP contribution in [0.2, 0.25) is 0 Å². The van der Waals surface area contributed by atoms with Gasteiger partial charge in [0.05, 0.1) is 6.42 Å². The highest BCUT2D eigenvalue weighted by Crippen LogP contribution is 2.40. The summed E-state index contributed by atoms with van der Waals surface area (Å²) in [5, 5.41) is 2.01. The number of rotatable bonds is 5. The van der Waals surface area contributed by atoms with Crippen LogP contribution in [0.5, 0.6) is 0 Å². The van der Waals surface area contributed by atoms with E-state index in [1.165, 1.54) is 19.3 Å². The lowest BCUT2D eigenvalue weighted by Crippen LogP contribution is -2.47. The summed E-state index contributed by atoms with van der Waals surface area (Å²) in [6.45, 7) is 1.51. The monoisotopic (exact) mass is 252 g/mol. The number of carbonyl (C=O) groups is 1. The van der Waals surface area contributed by atoms with E-state index in [4.69, 9.17) is 5.73 Å². The Bertz CT molecular complexity index is 365. The first-order chi connectivity index (χ1) is 8.15. The number of likely N-dealkylation sites (N-methyl/N-ethyl adjacent to an activating group) is 1. The summed E-state index contributed by atoms with van der Waals surface area (Å²) in [6.07, 6.45) is 4.11. The second kappa shape index (κ2) is 5.19. The first-order valence-corrected chi connectivity index (χ1v) is 7.00. The maximum atomic E-state index is 12.0. The van der Waals surface area contributed by atoms with E-state index in [2.05, 4.69) is 0 Å². The molecule has 1 saturated carbocycles. The summed E-state index contributed by atoms with van der Waals surface area (Å²) in [7, 11) is 1.89. The summed E-state index contributed by atoms with van der Waals surface area (Å²) < 4.78 is 0. The number of nitrogens with two attached hydrogens (primary N) is 1. The minimum atomic E-state index is 0.201. The SMILES string of the molecule is CN(CC1(CN)CCC1)C(=O)Cc1cccs1. The van der Waals surface area contributed by atoms with Crippen LogP contribution in [0, 0.1) is 5.41 Å². The lowest BCUT2D eigenvalue weighted by atomic mass is 9.68. The fourth-order valence-corrected chi connectivity index (χ4v) is 3.09. The van der Waals surface area contributed by atoms with E-state index >= 15 is 0 Å². The van der Waals surface area contributed by atoms with Crippen molar-refractivity contribution < 1.29 is 4.79 Å². The quantitative estimate of drug-likeness (QED) is 0.869. The molecule has 1 aliphatic rings. The van der Waals surface area contributed by atoms with Gasteiger partial charge in [0, 0.05) is 23.9 Å². The lowest BCUT2D eigenvalue weighted by Gasteiger charge is -2.43. The van der Waals surface area contributed by atoms with E-state index in [0.29, 0.717) is 13.0 Å². The zero-order valence-electron chi connectivity index (χ0n) is 10.3. The van der Waals surface area contributed by atoms with Crippen molar-refractivity contribution in [2.75, 3.05) is 20.1 Å². The van der Waals surface area contributed by atoms with Gasteiger partial charge >= 0.3 is 0 Å². The molecule has 2 rings (SSSR count). The Balaban J connectivity index is 1.87. The lowest BCUT2D eigenvalue weighted by molar-refractivity contribution is -0.131. The molecular formula is C13H20N2OS. The maximum absolute atomic E-state index is 12.0. The van der Waals surface area contributed by atoms with Crippen LogP contribution < -0.4 is 5.73 Å². The third kappa shape index (κ3) is 2.87. The number of nitrogens with zero attached hydrogens (tertiary/aromatic N) is 1. The topological polar surface area (TPSA) is 46.3 Å². The van der Waals surface area contributed by atoms with Crippen LogP contribution in [0.15, 0.2) is 17.5 Å². The molecule has 0 aromatic carbocycles. The number of thiophene rings is 1. The van der Waals surface area contributed by atoms with Gasteiger partial charge in [-0.3, -0.25) is 4.79 Å². The molecule has 0 saturated heterocycles. The highest BCUT2D eigenvalue weighted by molar-refractivity contribution is 7.10. The average molecular weight is 252 g/mol. The van der Waals surface area contributed by atoms with Crippen molar-refractivity contribution >= 4 is 17.2 Å². The molecule has 1 fully saturated rings. The van der Waals surface area contributed by atoms with Crippen molar-refractivity contribution in [1.29, 1.82) is 0 Å². The molecule has 1 aliphatic carbocycles. The van der Waals surface area contributed by atoms with Gasteiger partial charge in [0.25, 0.3) is 0 Å². The van der Waals surface area contributed by atoms with E-state index in [-0.39, 0.29) is 11.3 Å². The molecule has 0 spiro atoms. The summed E-state index contributed by atoms with van der Waals surface area (Å²) >= 11 is 1.64. The van der Waals surface area contributed by atoms with E-state index < -0.39 is 0 Å². The molecular weight excluding hydrogens is 232 g/mol. The summed E-state index contributed by atoms with van der Waals surface area (Å²) in [4.78, 5) is 15.0. The predicted molar refractivity (Wildman–Crippen MR) is 71.0 cm³/mol. The molecule has 1 aromatic heterocycles. The molecule has 1 heterocycles. The van der Waals surface area contributed by atoms with Gasteiger partial charge in [-0.2, -0.15) is 0 Å². The highest BCUT2D eigenvalue weighted by atomic mass is 32.1. The second-order valence-corrected chi connectivity index (χ2v) is 6.10. The molecule has 0 unspecified atom stereocenters. The fourth-order valence-electron chi connectivity index (χ4n) is 2.39. The molecule has 0 bridgehead atoms. The van der Waals surface area contributed by atoms with Crippen LogP contribution in [0.25, 0.3) is 0 Å². The Kier molecular flexibility index (Phi) is 3.84. The molecule has 1 amide bonds. The zero-order valence-corrected chi connectivity index (χ0v) is 11.1. The van der Waals surface area contributed by atoms with Crippen molar-refractivity contribution in [1.82, 2.24) is 4.90 Å². The van der Waals surface area contributed by atoms with Gasteiger partial charge in [-0.05, 0) is 30.8 Å². The van der Waals surface area contributed by atoms with Gasteiger partial charge < -0.3 is 10.6 Å². The smallest absolute Gasteiger partial charge is 0.227 e. The highest BCUT2D eigenvalue weighted by Gasteiger charge is 2.37. The predicted octanol–water partition coefficient (Wildman–Crippen LogP) is 1.88. The Hall–Kier alpha value is -0.870. The van der Waals surface area contributed by atoms with E-state index in [1.807, 2.05) is 29.5 Å². The molecule has 17 heavy (non-hydrogen) atoms. The minimum Gasteiger partial charge on any atom is -0.345 e. The van der Waals surface area contributed by atoms with Crippen molar-refractivity contribution in [3.63, 3.8) is 0 Å². The molecule has 0 radical (unpaired) electrons. The molecule has 3 nitrogen and oxygen atoms in total. The Morgan fingerprint density at radius 1 is 1.59 bits per heavy atom. The molecule has 1 aromatic rings. The first-order valence-electron chi connectivity index (χ1n) is 6.12. The molecule has 4 heteroatoms. The number of carbonyl (C=O) groups excluding carboxylic acids is 1. The minimum absolute atomic E-state index is 0.201. The van der Waals surface area contributed by atoms with Gasteiger partial charge in [-0.1, -0.05) is 12.5 Å². The van der Waals surface area contributed by atoms with E-state index in [9.17, 15) is 4.79 Å². The van der Waals surface area contributed by atoms with Gasteiger partial charge in [0.1, 0.15) is 0 Å². The van der Waals surface area contributed by atoms with Crippen LogP contribution in [-0.4, -0.2) is 30.9 Å². The fraction of sp³-hybridized carbons (Fsp3) is 0.615. The van der Waals surface area contributed by atoms with Crippen LogP contribution in [-0.2, 0) is 11.2 Å². The van der Waals surface area contributed by atoms with E-state index in [0.717, 1.165) is 11.4 Å². The van der Waals surface area contributed by atoms with Crippen molar-refractivity contribution in [2.45, 2.75) is 25.7 Å². The third-order valence-corrected chi connectivity index (χ3v) is 4.63. The second-order valence-electron chi connectivity index (χ2n) is 5.06. The van der Waals surface area contributed by atoms with Crippen molar-refractivity contribution in [2.24, 2.45) is 11.1 Å². The standard InChI is InChI=1S/C13H20N2OS/c1-15(10-13(9-14)5-3-6-13)12(16)8-11-4-2-7-17-11/h2,4,7H,3,5-6,8-10,14H2,1H3. The van der Waals surface area contributed by atoms with E-state index in [1.54, 1.807) is 11.3 Å². The Labute approximate surface area is 107 Å². The summed E-state index contributed by atoms with van der Waals surface area (Å²) in [5.74, 6) is 0.201. The van der Waals surface area contributed by atoms with Crippen molar-refractivity contribution in [3.8, 4) is 0 Å². The number of amides is 1. The van der Waals surface area contributed by atoms with Crippen LogP contribution in [0.4, 0.5) is 0 Å². The zero-order chi connectivity index (χ0) is 12.3. The Morgan fingerprint density at radius 3 is 2.82 bits per heavy atom. The largest absolute Gasteiger partial charge is 0.345 e. The Morgan fingerprint density at radius 2 is 2.35 bits per heavy atom. The van der Waals surface area contributed by atoms with Crippen LogP contribution in [0.3, 0.4) is 0 Å². The summed E-state index contributed by atoms with van der Waals surface area (Å²) in [5.41, 5.74) is 6.03. The van der Waals surface area contributed by atoms with Gasteiger partial charge in [-0.25, -0.2) is 0 Å². The molecule has 0 aliphatic heterocycles. The normalized spacial score (nSPS) is 17.5. The van der Waals surface area contributed by atoms with Crippen molar-refractivity contribution in [3.05, 3.63) is 22.4 Å². The number of hydrogen-bond donors (Lipinski definition) is 1. The van der Waals surface area contributed by atoms with Gasteiger partial charge in [0.15, 0.2) is 0 Å². The molecule has 94 valence electrons. The van der Waals surface area contributed by atoms with Crippen LogP contribution in [0.1, 0.15) is 24.1 Å². The third-order valence-electron chi connectivity index (χ3n) is 3.75. The maximum Gasteiger partial charge on any atom is 0.227 e.